The second-order valence-corrected chi connectivity index (χ2v) is 6.07. The number of likely N-dealkylation sites (tertiary alicyclic amines) is 1. The van der Waals surface area contributed by atoms with Crippen molar-refractivity contribution < 1.29 is 4.74 Å². The van der Waals surface area contributed by atoms with Crippen molar-refractivity contribution in [2.24, 2.45) is 0 Å². The lowest BCUT2D eigenvalue weighted by Crippen LogP contribution is -2.40. The smallest absolute Gasteiger partial charge is 0.160 e. The summed E-state index contributed by atoms with van der Waals surface area (Å²) in [5.41, 5.74) is 3.30. The van der Waals surface area contributed by atoms with Crippen LogP contribution in [0.4, 0.5) is 0 Å². The Morgan fingerprint density at radius 2 is 2.29 bits per heavy atom. The number of hydrogen-bond acceptors (Lipinski definition) is 5. The van der Waals surface area contributed by atoms with Gasteiger partial charge >= 0.3 is 0 Å². The summed E-state index contributed by atoms with van der Waals surface area (Å²) in [6.45, 7) is 3.47. The monoisotopic (exact) mass is 282 g/mol. The molecule has 0 amide bonds. The first-order valence-corrected chi connectivity index (χ1v) is 7.30. The van der Waals surface area contributed by atoms with Crippen molar-refractivity contribution in [2.75, 3.05) is 26.7 Å². The van der Waals surface area contributed by atoms with Crippen LogP contribution in [0.15, 0.2) is 30.7 Å². The molecular formula is C16H18N4O. The molecule has 4 heterocycles. The second kappa shape index (κ2) is 4.86. The highest BCUT2D eigenvalue weighted by atomic mass is 16.5. The Balaban J connectivity index is 1.81. The normalized spacial score (nSPS) is 25.2. The van der Waals surface area contributed by atoms with Gasteiger partial charge in [0.05, 0.1) is 24.3 Å². The molecule has 0 radical (unpaired) electrons. The van der Waals surface area contributed by atoms with E-state index in [2.05, 4.69) is 21.9 Å². The molecule has 2 aliphatic heterocycles. The van der Waals surface area contributed by atoms with Crippen molar-refractivity contribution in [3.8, 4) is 11.4 Å². The number of nitrogens with zero attached hydrogens (tertiary/aromatic N) is 4. The summed E-state index contributed by atoms with van der Waals surface area (Å²) in [5.74, 6) is 0.762. The Labute approximate surface area is 124 Å². The molecule has 0 bridgehead atoms. The van der Waals surface area contributed by atoms with E-state index >= 15 is 0 Å². The predicted octanol–water partition coefficient (Wildman–Crippen LogP) is 1.64. The van der Waals surface area contributed by atoms with Crippen molar-refractivity contribution in [1.29, 1.82) is 0 Å². The second-order valence-electron chi connectivity index (χ2n) is 6.07. The maximum Gasteiger partial charge on any atom is 0.160 e. The van der Waals surface area contributed by atoms with Gasteiger partial charge in [0.2, 0.25) is 0 Å². The van der Waals surface area contributed by atoms with Crippen LogP contribution in [0.3, 0.4) is 0 Å². The number of ether oxygens (including phenoxy) is 1. The lowest BCUT2D eigenvalue weighted by molar-refractivity contribution is 0.0516. The fourth-order valence-electron chi connectivity index (χ4n) is 3.42. The highest BCUT2D eigenvalue weighted by molar-refractivity contribution is 5.54. The van der Waals surface area contributed by atoms with Gasteiger partial charge in [0.25, 0.3) is 0 Å². The van der Waals surface area contributed by atoms with E-state index in [4.69, 9.17) is 9.72 Å². The number of aromatic nitrogens is 3. The zero-order chi connectivity index (χ0) is 14.3. The third-order valence-corrected chi connectivity index (χ3v) is 4.47. The maximum absolute atomic E-state index is 5.81. The van der Waals surface area contributed by atoms with Crippen molar-refractivity contribution in [3.63, 3.8) is 0 Å². The molecule has 2 aliphatic rings. The molecule has 1 atom stereocenters. The Bertz CT molecular complexity index is 661. The molecule has 5 nitrogen and oxygen atoms in total. The van der Waals surface area contributed by atoms with Crippen molar-refractivity contribution >= 4 is 0 Å². The Hall–Kier alpha value is -1.85. The molecule has 0 aliphatic carbocycles. The summed E-state index contributed by atoms with van der Waals surface area (Å²) in [6, 6.07) is 3.92. The molecule has 0 unspecified atom stereocenters. The largest absolute Gasteiger partial charge is 0.376 e. The van der Waals surface area contributed by atoms with Crippen LogP contribution < -0.4 is 0 Å². The Morgan fingerprint density at radius 3 is 3.05 bits per heavy atom. The summed E-state index contributed by atoms with van der Waals surface area (Å²) < 4.78 is 5.81. The van der Waals surface area contributed by atoms with E-state index in [9.17, 15) is 0 Å². The molecule has 0 saturated carbocycles. The Kier molecular flexibility index (Phi) is 2.97. The minimum absolute atomic E-state index is 0.0300. The first kappa shape index (κ1) is 12.9. The van der Waals surface area contributed by atoms with Gasteiger partial charge in [0.15, 0.2) is 5.82 Å². The van der Waals surface area contributed by atoms with E-state index in [0.717, 1.165) is 43.1 Å². The summed E-state index contributed by atoms with van der Waals surface area (Å²) >= 11 is 0. The minimum Gasteiger partial charge on any atom is -0.376 e. The molecule has 0 N–H and O–H groups in total. The summed E-state index contributed by atoms with van der Waals surface area (Å²) in [7, 11) is 2.16. The standard InChI is InChI=1S/C16H18N4O/c1-20-6-4-16(10-20)11-21-9-13-8-18-15(19-14(13)16)12-3-2-5-17-7-12/h2-3,5,7-8H,4,6,9-11H2,1H3/t16-/m1/s1. The van der Waals surface area contributed by atoms with Crippen LogP contribution in [-0.2, 0) is 16.8 Å². The summed E-state index contributed by atoms with van der Waals surface area (Å²) in [5, 5.41) is 0. The topological polar surface area (TPSA) is 51.1 Å². The number of hydrogen-bond donors (Lipinski definition) is 0. The third-order valence-electron chi connectivity index (χ3n) is 4.47. The van der Waals surface area contributed by atoms with Crippen LogP contribution >= 0.6 is 0 Å². The average Bonchev–Trinajstić information content (AvgIpc) is 2.90. The molecule has 1 fully saturated rings. The summed E-state index contributed by atoms with van der Waals surface area (Å²) in [4.78, 5) is 15.9. The zero-order valence-electron chi connectivity index (χ0n) is 12.1. The van der Waals surface area contributed by atoms with Crippen molar-refractivity contribution in [1.82, 2.24) is 19.9 Å². The minimum atomic E-state index is 0.0300. The van der Waals surface area contributed by atoms with Gasteiger partial charge in [-0.05, 0) is 32.1 Å². The molecular weight excluding hydrogens is 264 g/mol. The zero-order valence-corrected chi connectivity index (χ0v) is 12.1. The van der Waals surface area contributed by atoms with Gasteiger partial charge in [-0.25, -0.2) is 9.97 Å². The quantitative estimate of drug-likeness (QED) is 0.796. The SMILES string of the molecule is CN1CC[C@]2(COCc3cnc(-c4cccnc4)nc32)C1. The van der Waals surface area contributed by atoms with E-state index < -0.39 is 0 Å². The Morgan fingerprint density at radius 1 is 1.33 bits per heavy atom. The van der Waals surface area contributed by atoms with Gasteiger partial charge in [0, 0.05) is 36.3 Å². The lowest BCUT2D eigenvalue weighted by Gasteiger charge is -2.34. The highest BCUT2D eigenvalue weighted by Crippen LogP contribution is 2.38. The van der Waals surface area contributed by atoms with Gasteiger partial charge < -0.3 is 9.64 Å². The molecule has 2 aromatic rings. The first-order chi connectivity index (χ1) is 10.3. The molecule has 5 heteroatoms. The van der Waals surface area contributed by atoms with E-state index in [1.54, 1.807) is 6.20 Å². The number of pyridine rings is 1. The van der Waals surface area contributed by atoms with Crippen LogP contribution in [0, 0.1) is 0 Å². The van der Waals surface area contributed by atoms with Crippen LogP contribution in [0.1, 0.15) is 17.7 Å². The lowest BCUT2D eigenvalue weighted by atomic mass is 9.80. The molecule has 1 spiro atoms. The first-order valence-electron chi connectivity index (χ1n) is 7.30. The van der Waals surface area contributed by atoms with Gasteiger partial charge in [-0.2, -0.15) is 0 Å². The van der Waals surface area contributed by atoms with Crippen molar-refractivity contribution in [2.45, 2.75) is 18.4 Å². The number of fused-ring (bicyclic) bond motifs is 2. The van der Waals surface area contributed by atoms with Crippen LogP contribution in [0.25, 0.3) is 11.4 Å². The third kappa shape index (κ3) is 2.13. The fourth-order valence-corrected chi connectivity index (χ4v) is 3.42. The average molecular weight is 282 g/mol. The van der Waals surface area contributed by atoms with Crippen LogP contribution in [-0.4, -0.2) is 46.6 Å². The highest BCUT2D eigenvalue weighted by Gasteiger charge is 2.43. The van der Waals surface area contributed by atoms with Gasteiger partial charge in [0.1, 0.15) is 0 Å². The van der Waals surface area contributed by atoms with E-state index in [1.807, 2.05) is 24.5 Å². The fraction of sp³-hybridized carbons (Fsp3) is 0.438. The molecule has 1 saturated heterocycles. The van der Waals surface area contributed by atoms with Gasteiger partial charge in [-0.1, -0.05) is 0 Å². The van der Waals surface area contributed by atoms with E-state index in [-0.39, 0.29) is 5.41 Å². The van der Waals surface area contributed by atoms with Gasteiger partial charge in [-0.3, -0.25) is 4.98 Å². The maximum atomic E-state index is 5.81. The molecule has 4 rings (SSSR count). The van der Waals surface area contributed by atoms with Crippen molar-refractivity contribution in [3.05, 3.63) is 42.0 Å². The van der Waals surface area contributed by atoms with Crippen LogP contribution in [0.2, 0.25) is 0 Å². The van der Waals surface area contributed by atoms with E-state index in [1.165, 1.54) is 5.69 Å². The predicted molar refractivity (Wildman–Crippen MR) is 78.7 cm³/mol. The van der Waals surface area contributed by atoms with Gasteiger partial charge in [-0.15, -0.1) is 0 Å². The molecule has 108 valence electrons. The molecule has 21 heavy (non-hydrogen) atoms. The van der Waals surface area contributed by atoms with E-state index in [0.29, 0.717) is 6.61 Å². The number of rotatable bonds is 1. The molecule has 0 aromatic carbocycles. The van der Waals surface area contributed by atoms with Crippen LogP contribution in [0.5, 0.6) is 0 Å². The molecule has 2 aromatic heterocycles. The number of likely N-dealkylation sites (N-methyl/N-ethyl adjacent to an activating group) is 1. The summed E-state index contributed by atoms with van der Waals surface area (Å²) in [6.07, 6.45) is 6.60.